The van der Waals surface area contributed by atoms with E-state index in [1.165, 1.54) is 7.05 Å². The van der Waals surface area contributed by atoms with Gasteiger partial charge in [-0.1, -0.05) is 12.8 Å². The Morgan fingerprint density at radius 2 is 1.77 bits per heavy atom. The lowest BCUT2D eigenvalue weighted by Gasteiger charge is -2.03. The maximum Gasteiger partial charge on any atom is 0.276 e. The molecule has 0 radical (unpaired) electrons. The molecule has 0 amide bonds. The number of aliphatic hydroxyl groups is 1. The van der Waals surface area contributed by atoms with Crippen LogP contribution in [0, 0.1) is 0 Å². The summed E-state index contributed by atoms with van der Waals surface area (Å²) in [7, 11) is -1.89. The van der Waals surface area contributed by atoms with E-state index in [2.05, 4.69) is 9.44 Å². The van der Waals surface area contributed by atoms with Crippen LogP contribution in [0.1, 0.15) is 25.7 Å². The molecule has 0 aliphatic carbocycles. The van der Waals surface area contributed by atoms with Gasteiger partial charge in [-0.25, -0.2) is 9.44 Å². The third-order valence-corrected chi connectivity index (χ3v) is 2.77. The third-order valence-electron chi connectivity index (χ3n) is 1.65. The second-order valence-electron chi connectivity index (χ2n) is 2.74. The summed E-state index contributed by atoms with van der Waals surface area (Å²) in [6.07, 6.45) is 3.48. The summed E-state index contributed by atoms with van der Waals surface area (Å²) in [5.74, 6) is 0. The maximum atomic E-state index is 10.8. The molecule has 0 spiro atoms. The van der Waals surface area contributed by atoms with Gasteiger partial charge in [-0.2, -0.15) is 8.42 Å². The second-order valence-corrected chi connectivity index (χ2v) is 4.44. The zero-order valence-electron chi connectivity index (χ0n) is 7.91. The third kappa shape index (κ3) is 8.17. The molecule has 0 heterocycles. The number of nitrogens with one attached hydrogen (secondary N) is 2. The quantitative estimate of drug-likeness (QED) is 0.477. The number of rotatable bonds is 8. The van der Waals surface area contributed by atoms with Gasteiger partial charge in [-0.05, 0) is 12.8 Å². The number of hydrogen-bond donors (Lipinski definition) is 3. The van der Waals surface area contributed by atoms with Crippen molar-refractivity contribution in [2.75, 3.05) is 20.2 Å². The molecule has 0 fully saturated rings. The highest BCUT2D eigenvalue weighted by atomic mass is 32.2. The van der Waals surface area contributed by atoms with E-state index in [-0.39, 0.29) is 6.61 Å². The first-order valence-electron chi connectivity index (χ1n) is 4.41. The van der Waals surface area contributed by atoms with Crippen LogP contribution in [0.5, 0.6) is 0 Å². The molecular formula is C7H18N2O3S. The molecule has 0 rings (SSSR count). The second kappa shape index (κ2) is 7.25. The van der Waals surface area contributed by atoms with E-state index in [9.17, 15) is 8.42 Å². The van der Waals surface area contributed by atoms with Gasteiger partial charge < -0.3 is 5.11 Å². The Morgan fingerprint density at radius 3 is 2.31 bits per heavy atom. The van der Waals surface area contributed by atoms with Crippen LogP contribution in [-0.4, -0.2) is 33.7 Å². The zero-order valence-corrected chi connectivity index (χ0v) is 8.73. The average molecular weight is 210 g/mol. The summed E-state index contributed by atoms with van der Waals surface area (Å²) < 4.78 is 26.2. The summed E-state index contributed by atoms with van der Waals surface area (Å²) in [5.41, 5.74) is 0. The first-order chi connectivity index (χ1) is 6.12. The Morgan fingerprint density at radius 1 is 1.15 bits per heavy atom. The topological polar surface area (TPSA) is 78.4 Å². The molecule has 0 aromatic rings. The minimum absolute atomic E-state index is 0.211. The van der Waals surface area contributed by atoms with Crippen molar-refractivity contribution in [2.45, 2.75) is 25.7 Å². The Kier molecular flexibility index (Phi) is 7.16. The van der Waals surface area contributed by atoms with Crippen LogP contribution in [0.15, 0.2) is 0 Å². The van der Waals surface area contributed by atoms with E-state index >= 15 is 0 Å². The van der Waals surface area contributed by atoms with E-state index in [0.29, 0.717) is 6.54 Å². The van der Waals surface area contributed by atoms with E-state index in [4.69, 9.17) is 5.11 Å². The van der Waals surface area contributed by atoms with Gasteiger partial charge in [-0.3, -0.25) is 0 Å². The Balaban J connectivity index is 3.26. The van der Waals surface area contributed by atoms with Crippen molar-refractivity contribution in [3.63, 3.8) is 0 Å². The molecule has 80 valence electrons. The normalized spacial score (nSPS) is 11.8. The van der Waals surface area contributed by atoms with Crippen molar-refractivity contribution in [3.05, 3.63) is 0 Å². The number of hydrogen-bond acceptors (Lipinski definition) is 3. The molecule has 0 aliphatic rings. The molecule has 0 aromatic heterocycles. The van der Waals surface area contributed by atoms with E-state index in [1.54, 1.807) is 0 Å². The molecule has 0 aromatic carbocycles. The van der Waals surface area contributed by atoms with Gasteiger partial charge in [0.25, 0.3) is 10.2 Å². The molecule has 6 heteroatoms. The SMILES string of the molecule is CNS(=O)(=O)NCCCCCCO. The smallest absolute Gasteiger partial charge is 0.276 e. The summed E-state index contributed by atoms with van der Waals surface area (Å²) in [6, 6.07) is 0. The lowest BCUT2D eigenvalue weighted by molar-refractivity contribution is 0.282. The Labute approximate surface area is 79.7 Å². The monoisotopic (exact) mass is 210 g/mol. The summed E-state index contributed by atoms with van der Waals surface area (Å²) in [5, 5.41) is 8.47. The molecule has 13 heavy (non-hydrogen) atoms. The highest BCUT2D eigenvalue weighted by Crippen LogP contribution is 1.97. The largest absolute Gasteiger partial charge is 0.396 e. The van der Waals surface area contributed by atoms with Crippen molar-refractivity contribution in [3.8, 4) is 0 Å². The summed E-state index contributed by atoms with van der Waals surface area (Å²) >= 11 is 0. The van der Waals surface area contributed by atoms with Gasteiger partial charge in [0.2, 0.25) is 0 Å². The molecule has 0 atom stereocenters. The van der Waals surface area contributed by atoms with Gasteiger partial charge in [0, 0.05) is 20.2 Å². The lowest BCUT2D eigenvalue weighted by Crippen LogP contribution is -2.34. The molecule has 0 saturated heterocycles. The van der Waals surface area contributed by atoms with Crippen molar-refractivity contribution in [1.82, 2.24) is 9.44 Å². The Hall–Kier alpha value is -0.170. The van der Waals surface area contributed by atoms with E-state index in [1.807, 2.05) is 0 Å². The highest BCUT2D eigenvalue weighted by molar-refractivity contribution is 7.87. The summed E-state index contributed by atoms with van der Waals surface area (Å²) in [4.78, 5) is 0. The molecule has 0 unspecified atom stereocenters. The van der Waals surface area contributed by atoms with Crippen LogP contribution in [0.3, 0.4) is 0 Å². The van der Waals surface area contributed by atoms with Gasteiger partial charge >= 0.3 is 0 Å². The number of aliphatic hydroxyl groups excluding tert-OH is 1. The zero-order chi connectivity index (χ0) is 10.2. The minimum Gasteiger partial charge on any atom is -0.396 e. The standard InChI is InChI=1S/C7H18N2O3S/c1-8-13(11,12)9-6-4-2-3-5-7-10/h8-10H,2-7H2,1H3. The van der Waals surface area contributed by atoms with Gasteiger partial charge in [0.1, 0.15) is 0 Å². The lowest BCUT2D eigenvalue weighted by atomic mass is 10.2. The van der Waals surface area contributed by atoms with Gasteiger partial charge in [0.15, 0.2) is 0 Å². The molecule has 0 saturated carbocycles. The van der Waals surface area contributed by atoms with Crippen molar-refractivity contribution < 1.29 is 13.5 Å². The van der Waals surface area contributed by atoms with Crippen LogP contribution < -0.4 is 9.44 Å². The molecule has 5 nitrogen and oxygen atoms in total. The van der Waals surface area contributed by atoms with Crippen LogP contribution in [0.2, 0.25) is 0 Å². The predicted molar refractivity (Wildman–Crippen MR) is 51.5 cm³/mol. The first-order valence-corrected chi connectivity index (χ1v) is 5.89. The summed E-state index contributed by atoms with van der Waals surface area (Å²) in [6.45, 7) is 0.664. The van der Waals surface area contributed by atoms with E-state index in [0.717, 1.165) is 25.7 Å². The van der Waals surface area contributed by atoms with Gasteiger partial charge in [-0.15, -0.1) is 0 Å². The van der Waals surface area contributed by atoms with Crippen LogP contribution >= 0.6 is 0 Å². The fraction of sp³-hybridized carbons (Fsp3) is 1.00. The highest BCUT2D eigenvalue weighted by Gasteiger charge is 2.02. The fourth-order valence-corrected chi connectivity index (χ4v) is 1.43. The van der Waals surface area contributed by atoms with Crippen molar-refractivity contribution >= 4 is 10.2 Å². The molecule has 3 N–H and O–H groups in total. The minimum atomic E-state index is -3.26. The number of unbranched alkanes of at least 4 members (excludes halogenated alkanes) is 3. The van der Waals surface area contributed by atoms with Gasteiger partial charge in [0.05, 0.1) is 0 Å². The molecule has 0 aliphatic heterocycles. The average Bonchev–Trinajstić information content (AvgIpc) is 2.11. The van der Waals surface area contributed by atoms with Crippen LogP contribution in [0.4, 0.5) is 0 Å². The van der Waals surface area contributed by atoms with E-state index < -0.39 is 10.2 Å². The van der Waals surface area contributed by atoms with Crippen molar-refractivity contribution in [2.24, 2.45) is 0 Å². The van der Waals surface area contributed by atoms with Crippen LogP contribution in [-0.2, 0) is 10.2 Å². The molecular weight excluding hydrogens is 192 g/mol. The maximum absolute atomic E-state index is 10.8. The Bertz CT molecular complexity index is 204. The predicted octanol–water partition coefficient (Wildman–Crippen LogP) is -0.407. The fourth-order valence-electron chi connectivity index (χ4n) is 0.869. The first kappa shape index (κ1) is 12.8. The van der Waals surface area contributed by atoms with Crippen LogP contribution in [0.25, 0.3) is 0 Å². The van der Waals surface area contributed by atoms with Crippen molar-refractivity contribution in [1.29, 1.82) is 0 Å². The molecule has 0 bridgehead atoms.